The van der Waals surface area contributed by atoms with Crippen LogP contribution in [0.15, 0.2) is 36.7 Å². The summed E-state index contributed by atoms with van der Waals surface area (Å²) in [6.07, 6.45) is 11.7. The van der Waals surface area contributed by atoms with Crippen LogP contribution in [0.2, 0.25) is 0 Å². The molecule has 25 heavy (non-hydrogen) atoms. The van der Waals surface area contributed by atoms with E-state index in [1.807, 2.05) is 12.4 Å². The summed E-state index contributed by atoms with van der Waals surface area (Å²) < 4.78 is 0. The molecule has 0 atom stereocenters. The van der Waals surface area contributed by atoms with Crippen molar-refractivity contribution in [1.82, 2.24) is 20.2 Å². The fraction of sp³-hybridized carbons (Fsp3) is 0.571. The van der Waals surface area contributed by atoms with Crippen LogP contribution in [-0.4, -0.2) is 34.0 Å². The second kappa shape index (κ2) is 8.15. The van der Waals surface area contributed by atoms with Crippen molar-refractivity contribution in [3.63, 3.8) is 0 Å². The Labute approximate surface area is 151 Å². The summed E-state index contributed by atoms with van der Waals surface area (Å²) in [6.45, 7) is 4.61. The predicted octanol–water partition coefficient (Wildman–Crippen LogP) is 3.82. The fourth-order valence-electron chi connectivity index (χ4n) is 4.18. The van der Waals surface area contributed by atoms with Gasteiger partial charge in [0.15, 0.2) is 0 Å². The molecule has 2 fully saturated rings. The van der Waals surface area contributed by atoms with E-state index in [4.69, 9.17) is 0 Å². The zero-order valence-electron chi connectivity index (χ0n) is 15.1. The monoisotopic (exact) mass is 338 g/mol. The first-order chi connectivity index (χ1) is 12.4. The van der Waals surface area contributed by atoms with Crippen LogP contribution in [0, 0.1) is 0 Å². The molecule has 1 aromatic carbocycles. The molecule has 1 aliphatic carbocycles. The Morgan fingerprint density at radius 2 is 1.80 bits per heavy atom. The van der Waals surface area contributed by atoms with Crippen molar-refractivity contribution >= 4 is 0 Å². The topological polar surface area (TPSA) is 44.0 Å². The molecule has 0 spiro atoms. The van der Waals surface area contributed by atoms with Crippen LogP contribution in [0.25, 0.3) is 0 Å². The maximum Gasteiger partial charge on any atom is 0.109 e. The summed E-state index contributed by atoms with van der Waals surface area (Å²) in [5, 5.41) is 3.76. The van der Waals surface area contributed by atoms with Gasteiger partial charge in [-0.05, 0) is 49.9 Å². The zero-order valence-corrected chi connectivity index (χ0v) is 15.1. The van der Waals surface area contributed by atoms with Gasteiger partial charge in [0, 0.05) is 37.4 Å². The van der Waals surface area contributed by atoms with Gasteiger partial charge < -0.3 is 10.3 Å². The Kier molecular flexibility index (Phi) is 5.48. The molecule has 2 aromatic rings. The van der Waals surface area contributed by atoms with Crippen molar-refractivity contribution in [3.05, 3.63) is 53.6 Å². The van der Waals surface area contributed by atoms with Gasteiger partial charge in [-0.2, -0.15) is 0 Å². The van der Waals surface area contributed by atoms with E-state index in [0.717, 1.165) is 18.9 Å². The summed E-state index contributed by atoms with van der Waals surface area (Å²) in [4.78, 5) is 10.3. The van der Waals surface area contributed by atoms with Gasteiger partial charge in [0.1, 0.15) is 5.82 Å². The van der Waals surface area contributed by atoms with Gasteiger partial charge in [-0.25, -0.2) is 4.98 Å². The van der Waals surface area contributed by atoms with Crippen LogP contribution in [0.3, 0.4) is 0 Å². The molecular weight excluding hydrogens is 308 g/mol. The second-order valence-corrected chi connectivity index (χ2v) is 7.68. The number of H-pyrrole nitrogens is 1. The van der Waals surface area contributed by atoms with Crippen molar-refractivity contribution in [3.8, 4) is 0 Å². The van der Waals surface area contributed by atoms with E-state index in [9.17, 15) is 0 Å². The quantitative estimate of drug-likeness (QED) is 0.841. The van der Waals surface area contributed by atoms with Crippen molar-refractivity contribution in [1.29, 1.82) is 0 Å². The first kappa shape index (κ1) is 16.8. The number of rotatable bonds is 6. The molecule has 1 saturated carbocycles. The van der Waals surface area contributed by atoms with Crippen molar-refractivity contribution in [2.75, 3.05) is 13.1 Å². The highest BCUT2D eigenvalue weighted by Crippen LogP contribution is 2.35. The Morgan fingerprint density at radius 3 is 2.52 bits per heavy atom. The Hall–Kier alpha value is -1.65. The Bertz CT molecular complexity index is 638. The normalized spacial score (nSPS) is 24.6. The summed E-state index contributed by atoms with van der Waals surface area (Å²) in [5.74, 6) is 1.76. The summed E-state index contributed by atoms with van der Waals surface area (Å²) >= 11 is 0. The third kappa shape index (κ3) is 4.31. The van der Waals surface area contributed by atoms with E-state index >= 15 is 0 Å². The van der Waals surface area contributed by atoms with Crippen LogP contribution in [0.5, 0.6) is 0 Å². The van der Waals surface area contributed by atoms with E-state index < -0.39 is 0 Å². The number of nitrogens with zero attached hydrogens (tertiary/aromatic N) is 2. The highest BCUT2D eigenvalue weighted by molar-refractivity contribution is 5.27. The largest absolute Gasteiger partial charge is 0.348 e. The van der Waals surface area contributed by atoms with E-state index in [1.165, 1.54) is 62.7 Å². The van der Waals surface area contributed by atoms with E-state index in [0.29, 0.717) is 12.0 Å². The minimum Gasteiger partial charge on any atom is -0.348 e. The predicted molar refractivity (Wildman–Crippen MR) is 101 cm³/mol. The minimum atomic E-state index is 0.611. The fourth-order valence-corrected chi connectivity index (χ4v) is 4.18. The lowest BCUT2D eigenvalue weighted by molar-refractivity contribution is 0.271. The van der Waals surface area contributed by atoms with Crippen molar-refractivity contribution < 1.29 is 0 Å². The zero-order chi connectivity index (χ0) is 16.9. The number of aromatic nitrogens is 2. The van der Waals surface area contributed by atoms with Crippen LogP contribution in [0.1, 0.15) is 61.4 Å². The molecule has 2 aliphatic rings. The van der Waals surface area contributed by atoms with Crippen molar-refractivity contribution in [2.45, 2.75) is 63.6 Å². The summed E-state index contributed by atoms with van der Waals surface area (Å²) in [7, 11) is 0. The number of imidazole rings is 1. The van der Waals surface area contributed by atoms with Crippen LogP contribution in [-0.2, 0) is 13.1 Å². The number of hydrogen-bond donors (Lipinski definition) is 2. The average Bonchev–Trinajstić information content (AvgIpc) is 2.99. The number of benzene rings is 1. The number of likely N-dealkylation sites (tertiary alicyclic amines) is 1. The van der Waals surface area contributed by atoms with E-state index in [1.54, 1.807) is 0 Å². The molecule has 4 rings (SSSR count). The molecule has 4 heteroatoms. The maximum atomic E-state index is 4.39. The highest BCUT2D eigenvalue weighted by Gasteiger charge is 2.31. The molecule has 2 N–H and O–H groups in total. The molecule has 1 saturated heterocycles. The first-order valence-electron chi connectivity index (χ1n) is 9.90. The highest BCUT2D eigenvalue weighted by atomic mass is 15.1. The molecule has 0 bridgehead atoms. The molecule has 1 aromatic heterocycles. The van der Waals surface area contributed by atoms with E-state index in [-0.39, 0.29) is 0 Å². The van der Waals surface area contributed by atoms with Gasteiger partial charge >= 0.3 is 0 Å². The summed E-state index contributed by atoms with van der Waals surface area (Å²) in [5.41, 5.74) is 2.96. The molecule has 0 amide bonds. The lowest BCUT2D eigenvalue weighted by atomic mass is 9.79. The van der Waals surface area contributed by atoms with Gasteiger partial charge in [0.25, 0.3) is 0 Å². The third-order valence-corrected chi connectivity index (χ3v) is 5.84. The molecular formula is C21H30N4. The van der Waals surface area contributed by atoms with E-state index in [2.05, 4.69) is 44.5 Å². The summed E-state index contributed by atoms with van der Waals surface area (Å²) in [6, 6.07) is 9.60. The molecule has 4 nitrogen and oxygen atoms in total. The second-order valence-electron chi connectivity index (χ2n) is 7.68. The maximum absolute atomic E-state index is 4.39. The molecule has 1 aliphatic heterocycles. The molecule has 0 radical (unpaired) electrons. The number of nitrogens with one attached hydrogen (secondary N) is 2. The van der Waals surface area contributed by atoms with Gasteiger partial charge in [-0.3, -0.25) is 4.90 Å². The smallest absolute Gasteiger partial charge is 0.109 e. The third-order valence-electron chi connectivity index (χ3n) is 5.84. The van der Waals surface area contributed by atoms with Crippen LogP contribution >= 0.6 is 0 Å². The van der Waals surface area contributed by atoms with Gasteiger partial charge in [-0.15, -0.1) is 0 Å². The number of aromatic amines is 1. The first-order valence-corrected chi connectivity index (χ1v) is 9.90. The lowest BCUT2D eigenvalue weighted by Crippen LogP contribution is -2.40. The average molecular weight is 338 g/mol. The molecule has 134 valence electrons. The van der Waals surface area contributed by atoms with Crippen LogP contribution in [0.4, 0.5) is 0 Å². The van der Waals surface area contributed by atoms with Gasteiger partial charge in [0.2, 0.25) is 0 Å². The minimum absolute atomic E-state index is 0.611. The number of hydrogen-bond acceptors (Lipinski definition) is 3. The SMILES string of the molecule is c1ccc(CN2CCCCCC2)c(CNC2CC(c3ncc[nH]3)C2)c1. The standard InChI is InChI=1S/C21H30N4/c1-2-6-12-25(11-5-1)16-18-8-4-3-7-17(18)15-24-20-13-19(14-20)21-22-9-10-23-21/h3-4,7-10,19-20,24H,1-2,5-6,11-16H2,(H,22,23). The molecule has 0 unspecified atom stereocenters. The van der Waals surface area contributed by atoms with Gasteiger partial charge in [-0.1, -0.05) is 37.1 Å². The lowest BCUT2D eigenvalue weighted by Gasteiger charge is -2.35. The van der Waals surface area contributed by atoms with Crippen molar-refractivity contribution in [2.24, 2.45) is 0 Å². The Morgan fingerprint density at radius 1 is 1.04 bits per heavy atom. The van der Waals surface area contributed by atoms with Crippen LogP contribution < -0.4 is 5.32 Å². The molecule has 2 heterocycles. The van der Waals surface area contributed by atoms with Gasteiger partial charge in [0.05, 0.1) is 0 Å². The Balaban J connectivity index is 1.29.